The first kappa shape index (κ1) is 19.8. The average molecular weight is 377 g/mol. The summed E-state index contributed by atoms with van der Waals surface area (Å²) in [5.74, 6) is 0.850. The lowest BCUT2D eigenvalue weighted by molar-refractivity contribution is 0.793. The molecule has 0 radical (unpaired) electrons. The molecule has 0 N–H and O–H groups in total. The maximum atomic E-state index is 5.13. The van der Waals surface area contributed by atoms with Crippen LogP contribution in [0.5, 0.6) is 0 Å². The van der Waals surface area contributed by atoms with Gasteiger partial charge in [0.25, 0.3) is 0 Å². The van der Waals surface area contributed by atoms with Crippen LogP contribution in [0.15, 0.2) is 54.6 Å². The van der Waals surface area contributed by atoms with Crippen LogP contribution in [0.3, 0.4) is 0 Å². The number of rotatable bonds is 6. The van der Waals surface area contributed by atoms with Gasteiger partial charge in [-0.05, 0) is 12.1 Å². The van der Waals surface area contributed by atoms with Gasteiger partial charge in [-0.3, -0.25) is 0 Å². The zero-order valence-corrected chi connectivity index (χ0v) is 18.5. The molecular weight excluding hydrogens is 344 g/mol. The zero-order valence-electron chi connectivity index (χ0n) is 17.5. The lowest BCUT2D eigenvalue weighted by Gasteiger charge is -2.43. The molecule has 0 unspecified atom stereocenters. The minimum Gasteiger partial charge on any atom is -0.233 e. The molecule has 0 saturated heterocycles. The van der Waals surface area contributed by atoms with Gasteiger partial charge in [0.05, 0.1) is 13.6 Å². The molecule has 0 aliphatic carbocycles. The van der Waals surface area contributed by atoms with Crippen LogP contribution in [0.2, 0.25) is 16.6 Å². The summed E-state index contributed by atoms with van der Waals surface area (Å²) in [6.07, 6.45) is 0. The minimum atomic E-state index is -1.60. The Morgan fingerprint density at radius 2 is 1.26 bits per heavy atom. The molecule has 2 aromatic carbocycles. The minimum absolute atomic E-state index is 0.714. The van der Waals surface area contributed by atoms with E-state index in [0.717, 1.165) is 22.9 Å². The highest BCUT2D eigenvalue weighted by molar-refractivity contribution is 6.83. The van der Waals surface area contributed by atoms with E-state index < -0.39 is 8.07 Å². The fraction of sp³-hybridized carbons (Fsp3) is 0.417. The molecule has 0 saturated carbocycles. The number of para-hydroxylation sites is 1. The molecule has 3 aromatic rings. The Bertz CT molecular complexity index is 879. The van der Waals surface area contributed by atoms with E-state index in [1.807, 2.05) is 6.07 Å². The number of hydrogen-bond acceptors (Lipinski definition) is 2. The van der Waals surface area contributed by atoms with Crippen molar-refractivity contribution in [3.05, 3.63) is 60.3 Å². The molecule has 0 aliphatic heterocycles. The van der Waals surface area contributed by atoms with Gasteiger partial charge in [-0.15, -0.1) is 0 Å². The van der Waals surface area contributed by atoms with E-state index in [-0.39, 0.29) is 0 Å². The van der Waals surface area contributed by atoms with E-state index in [9.17, 15) is 0 Å². The summed E-state index contributed by atoms with van der Waals surface area (Å²) in [6, 6.07) is 20.0. The zero-order chi connectivity index (χ0) is 19.6. The van der Waals surface area contributed by atoms with E-state index in [0.29, 0.717) is 16.6 Å². The standard InChI is InChI=1S/C24H32N2Si/c1-17(2)27(18(3)4,19(5)6)16-23-21-14-10-11-15-22(21)25-24(26-23)20-12-8-7-9-13-20/h7-15,17-19H,16H2,1-6H3. The fourth-order valence-electron chi connectivity index (χ4n) is 4.90. The molecule has 0 spiro atoms. The Labute approximate surface area is 165 Å². The predicted molar refractivity (Wildman–Crippen MR) is 120 cm³/mol. The normalized spacial score (nSPS) is 12.5. The molecule has 27 heavy (non-hydrogen) atoms. The molecule has 1 heterocycles. The largest absolute Gasteiger partial charge is 0.233 e. The van der Waals surface area contributed by atoms with Crippen molar-refractivity contribution in [2.45, 2.75) is 64.2 Å². The van der Waals surface area contributed by atoms with Gasteiger partial charge < -0.3 is 0 Å². The lowest BCUT2D eigenvalue weighted by Crippen LogP contribution is -2.47. The molecular formula is C24H32N2Si. The van der Waals surface area contributed by atoms with Crippen LogP contribution in [0, 0.1) is 0 Å². The Morgan fingerprint density at radius 3 is 1.85 bits per heavy atom. The average Bonchev–Trinajstić information content (AvgIpc) is 2.65. The highest BCUT2D eigenvalue weighted by Crippen LogP contribution is 2.44. The molecule has 0 aliphatic rings. The second-order valence-electron chi connectivity index (χ2n) is 8.63. The Morgan fingerprint density at radius 1 is 0.704 bits per heavy atom. The first-order valence-electron chi connectivity index (χ1n) is 10.2. The summed E-state index contributed by atoms with van der Waals surface area (Å²) >= 11 is 0. The van der Waals surface area contributed by atoms with Crippen LogP contribution < -0.4 is 0 Å². The van der Waals surface area contributed by atoms with Gasteiger partial charge >= 0.3 is 0 Å². The molecule has 3 heteroatoms. The van der Waals surface area contributed by atoms with Crippen LogP contribution in [-0.4, -0.2) is 18.0 Å². The quantitative estimate of drug-likeness (QED) is 0.430. The van der Waals surface area contributed by atoms with Crippen molar-refractivity contribution >= 4 is 19.0 Å². The van der Waals surface area contributed by atoms with E-state index >= 15 is 0 Å². The number of nitrogens with zero attached hydrogens (tertiary/aromatic N) is 2. The van der Waals surface area contributed by atoms with Crippen molar-refractivity contribution in [3.63, 3.8) is 0 Å². The van der Waals surface area contributed by atoms with Crippen molar-refractivity contribution < 1.29 is 0 Å². The molecule has 0 atom stereocenters. The number of hydrogen-bond donors (Lipinski definition) is 0. The van der Waals surface area contributed by atoms with E-state index in [1.54, 1.807) is 0 Å². The van der Waals surface area contributed by atoms with Crippen LogP contribution in [0.4, 0.5) is 0 Å². The maximum Gasteiger partial charge on any atom is 0.160 e. The van der Waals surface area contributed by atoms with E-state index in [1.165, 1.54) is 11.1 Å². The van der Waals surface area contributed by atoms with Gasteiger partial charge in [-0.25, -0.2) is 9.97 Å². The smallest absolute Gasteiger partial charge is 0.160 e. The summed E-state index contributed by atoms with van der Waals surface area (Å²) in [4.78, 5) is 10.0. The highest BCUT2D eigenvalue weighted by Gasteiger charge is 2.43. The number of benzene rings is 2. The highest BCUT2D eigenvalue weighted by atomic mass is 28.3. The third-order valence-electron chi connectivity index (χ3n) is 6.41. The van der Waals surface area contributed by atoms with Crippen LogP contribution >= 0.6 is 0 Å². The summed E-state index contributed by atoms with van der Waals surface area (Å²) in [6.45, 7) is 14.5. The SMILES string of the molecule is CC(C)[Si](Cc1nc(-c2ccccc2)nc2ccccc12)(C(C)C)C(C)C. The van der Waals surface area contributed by atoms with E-state index in [4.69, 9.17) is 9.97 Å². The van der Waals surface area contributed by atoms with Gasteiger partial charge in [0, 0.05) is 16.6 Å². The van der Waals surface area contributed by atoms with Crippen molar-refractivity contribution in [2.75, 3.05) is 0 Å². The van der Waals surface area contributed by atoms with Crippen molar-refractivity contribution in [1.29, 1.82) is 0 Å². The second-order valence-corrected chi connectivity index (χ2v) is 14.7. The Hall–Kier alpha value is -2.00. The molecule has 1 aromatic heterocycles. The molecule has 0 fully saturated rings. The van der Waals surface area contributed by atoms with Crippen LogP contribution in [0.25, 0.3) is 22.3 Å². The molecule has 142 valence electrons. The summed E-state index contributed by atoms with van der Waals surface area (Å²) in [5.41, 5.74) is 5.53. The Kier molecular flexibility index (Phi) is 5.80. The third kappa shape index (κ3) is 3.70. The van der Waals surface area contributed by atoms with Crippen molar-refractivity contribution in [1.82, 2.24) is 9.97 Å². The molecule has 3 rings (SSSR count). The van der Waals surface area contributed by atoms with Crippen molar-refractivity contribution in [2.24, 2.45) is 0 Å². The lowest BCUT2D eigenvalue weighted by atomic mass is 10.1. The molecule has 0 bridgehead atoms. The summed E-state index contributed by atoms with van der Waals surface area (Å²) in [5, 5.41) is 1.22. The topological polar surface area (TPSA) is 25.8 Å². The summed E-state index contributed by atoms with van der Waals surface area (Å²) < 4.78 is 0. The van der Waals surface area contributed by atoms with Gasteiger partial charge in [0.15, 0.2) is 5.82 Å². The number of fused-ring (bicyclic) bond motifs is 1. The Balaban J connectivity index is 2.20. The van der Waals surface area contributed by atoms with Gasteiger partial charge in [-0.2, -0.15) is 0 Å². The van der Waals surface area contributed by atoms with Crippen LogP contribution in [-0.2, 0) is 6.04 Å². The monoisotopic (exact) mass is 376 g/mol. The van der Waals surface area contributed by atoms with Gasteiger partial charge in [-0.1, -0.05) is 107 Å². The van der Waals surface area contributed by atoms with Gasteiger partial charge in [0.1, 0.15) is 0 Å². The van der Waals surface area contributed by atoms with Crippen molar-refractivity contribution in [3.8, 4) is 11.4 Å². The molecule has 0 amide bonds. The van der Waals surface area contributed by atoms with Gasteiger partial charge in [0.2, 0.25) is 0 Å². The fourth-order valence-corrected chi connectivity index (χ4v) is 11.0. The molecule has 2 nitrogen and oxygen atoms in total. The predicted octanol–water partition coefficient (Wildman–Crippen LogP) is 7.06. The summed E-state index contributed by atoms with van der Waals surface area (Å²) in [7, 11) is -1.60. The second kappa shape index (κ2) is 7.93. The third-order valence-corrected chi connectivity index (χ3v) is 13.8. The first-order valence-corrected chi connectivity index (χ1v) is 12.6. The number of aromatic nitrogens is 2. The van der Waals surface area contributed by atoms with Crippen LogP contribution in [0.1, 0.15) is 47.2 Å². The first-order chi connectivity index (χ1) is 12.9. The van der Waals surface area contributed by atoms with E-state index in [2.05, 4.69) is 90.1 Å². The maximum absolute atomic E-state index is 5.13.